The first-order chi connectivity index (χ1) is 6.96. The van der Waals surface area contributed by atoms with E-state index in [0.29, 0.717) is 12.8 Å². The molecule has 0 atom stereocenters. The molecule has 6 heteroatoms. The first kappa shape index (κ1) is 12.3. The Morgan fingerprint density at radius 3 is 2.27 bits per heavy atom. The summed E-state index contributed by atoms with van der Waals surface area (Å²) < 4.78 is 36.7. The molecule has 0 saturated heterocycles. The SMILES string of the molecule is NCCN(C(=O)C(F)(F)F)C1CCCC1. The zero-order valence-corrected chi connectivity index (χ0v) is 8.39. The molecule has 1 aliphatic rings. The molecule has 1 saturated carbocycles. The van der Waals surface area contributed by atoms with E-state index in [0.717, 1.165) is 17.7 Å². The molecule has 0 unspecified atom stereocenters. The Hall–Kier alpha value is -0.780. The second kappa shape index (κ2) is 4.83. The van der Waals surface area contributed by atoms with Gasteiger partial charge in [-0.3, -0.25) is 4.79 Å². The van der Waals surface area contributed by atoms with Crippen molar-refractivity contribution in [3.05, 3.63) is 0 Å². The molecule has 3 nitrogen and oxygen atoms in total. The predicted molar refractivity (Wildman–Crippen MR) is 49.1 cm³/mol. The summed E-state index contributed by atoms with van der Waals surface area (Å²) >= 11 is 0. The molecule has 1 amide bonds. The molecule has 0 aromatic rings. The van der Waals surface area contributed by atoms with Gasteiger partial charge in [-0.15, -0.1) is 0 Å². The minimum absolute atomic E-state index is 0.0109. The number of carbonyl (C=O) groups excluding carboxylic acids is 1. The summed E-state index contributed by atoms with van der Waals surface area (Å²) in [5, 5.41) is 0. The standard InChI is InChI=1S/C9H15F3N2O/c10-9(11,12)8(15)14(6-5-13)7-3-1-2-4-7/h7H,1-6,13H2. The Bertz CT molecular complexity index is 224. The number of halogens is 3. The van der Waals surface area contributed by atoms with Crippen LogP contribution in [0.5, 0.6) is 0 Å². The molecular weight excluding hydrogens is 209 g/mol. The third kappa shape index (κ3) is 3.09. The van der Waals surface area contributed by atoms with Crippen LogP contribution in [0.2, 0.25) is 0 Å². The molecule has 0 radical (unpaired) electrons. The van der Waals surface area contributed by atoms with Crippen LogP contribution in [0.3, 0.4) is 0 Å². The number of nitrogens with two attached hydrogens (primary N) is 1. The van der Waals surface area contributed by atoms with Crippen molar-refractivity contribution in [1.82, 2.24) is 4.90 Å². The lowest BCUT2D eigenvalue weighted by atomic mass is 10.2. The van der Waals surface area contributed by atoms with Crippen LogP contribution in [0.1, 0.15) is 25.7 Å². The molecule has 15 heavy (non-hydrogen) atoms. The lowest BCUT2D eigenvalue weighted by Gasteiger charge is -2.29. The first-order valence-corrected chi connectivity index (χ1v) is 5.04. The summed E-state index contributed by atoms with van der Waals surface area (Å²) in [7, 11) is 0. The lowest BCUT2D eigenvalue weighted by Crippen LogP contribution is -2.48. The normalized spacial score (nSPS) is 18.1. The van der Waals surface area contributed by atoms with E-state index in [9.17, 15) is 18.0 Å². The Labute approximate surface area is 86.4 Å². The molecule has 0 aromatic carbocycles. The fourth-order valence-corrected chi connectivity index (χ4v) is 1.97. The van der Waals surface area contributed by atoms with E-state index >= 15 is 0 Å². The smallest absolute Gasteiger partial charge is 0.331 e. The highest BCUT2D eigenvalue weighted by atomic mass is 19.4. The third-order valence-electron chi connectivity index (χ3n) is 2.64. The van der Waals surface area contributed by atoms with Gasteiger partial charge in [0.1, 0.15) is 0 Å². The second-order valence-corrected chi connectivity index (χ2v) is 3.72. The molecule has 0 aliphatic heterocycles. The lowest BCUT2D eigenvalue weighted by molar-refractivity contribution is -0.187. The Kier molecular flexibility index (Phi) is 3.96. The monoisotopic (exact) mass is 224 g/mol. The predicted octanol–water partition coefficient (Wildman–Crippen LogP) is 1.28. The summed E-state index contributed by atoms with van der Waals surface area (Å²) in [5.74, 6) is -1.75. The molecule has 0 bridgehead atoms. The molecule has 1 rings (SSSR count). The van der Waals surface area contributed by atoms with E-state index in [-0.39, 0.29) is 19.1 Å². The fourth-order valence-electron chi connectivity index (χ4n) is 1.97. The van der Waals surface area contributed by atoms with E-state index in [1.807, 2.05) is 0 Å². The van der Waals surface area contributed by atoms with Crippen molar-refractivity contribution in [3.63, 3.8) is 0 Å². The van der Waals surface area contributed by atoms with Crippen LogP contribution >= 0.6 is 0 Å². The van der Waals surface area contributed by atoms with E-state index < -0.39 is 12.1 Å². The maximum absolute atomic E-state index is 12.2. The summed E-state index contributed by atoms with van der Waals surface area (Å²) in [6.45, 7) is 0.0569. The third-order valence-corrected chi connectivity index (χ3v) is 2.64. The van der Waals surface area contributed by atoms with Gasteiger partial charge in [0, 0.05) is 19.1 Å². The fraction of sp³-hybridized carbons (Fsp3) is 0.889. The largest absolute Gasteiger partial charge is 0.471 e. The number of hydrogen-bond acceptors (Lipinski definition) is 2. The second-order valence-electron chi connectivity index (χ2n) is 3.72. The topological polar surface area (TPSA) is 46.3 Å². The van der Waals surface area contributed by atoms with E-state index in [4.69, 9.17) is 5.73 Å². The van der Waals surface area contributed by atoms with Crippen molar-refractivity contribution in [1.29, 1.82) is 0 Å². The maximum Gasteiger partial charge on any atom is 0.471 e. The first-order valence-electron chi connectivity index (χ1n) is 5.04. The molecule has 1 fully saturated rings. The van der Waals surface area contributed by atoms with Crippen LogP contribution in [0.25, 0.3) is 0 Å². The molecule has 88 valence electrons. The summed E-state index contributed by atoms with van der Waals surface area (Å²) in [6.07, 6.45) is -1.70. The molecular formula is C9H15F3N2O. The van der Waals surface area contributed by atoms with E-state index in [1.54, 1.807) is 0 Å². The van der Waals surface area contributed by atoms with Gasteiger partial charge in [-0.1, -0.05) is 12.8 Å². The average molecular weight is 224 g/mol. The van der Waals surface area contributed by atoms with Crippen LogP contribution in [-0.4, -0.2) is 36.1 Å². The van der Waals surface area contributed by atoms with Gasteiger partial charge in [0.05, 0.1) is 0 Å². The van der Waals surface area contributed by atoms with Gasteiger partial charge in [0.2, 0.25) is 0 Å². The number of amides is 1. The van der Waals surface area contributed by atoms with Crippen molar-refractivity contribution in [2.75, 3.05) is 13.1 Å². The van der Waals surface area contributed by atoms with Crippen LogP contribution in [0.4, 0.5) is 13.2 Å². The highest BCUT2D eigenvalue weighted by Crippen LogP contribution is 2.27. The molecule has 0 spiro atoms. The van der Waals surface area contributed by atoms with Gasteiger partial charge in [-0.25, -0.2) is 0 Å². The minimum atomic E-state index is -4.78. The molecule has 0 aromatic heterocycles. The van der Waals surface area contributed by atoms with Gasteiger partial charge in [-0.05, 0) is 12.8 Å². The molecule has 1 aliphatic carbocycles. The van der Waals surface area contributed by atoms with Crippen LogP contribution in [0, 0.1) is 0 Å². The maximum atomic E-state index is 12.2. The molecule has 0 heterocycles. The molecule has 2 N–H and O–H groups in total. The van der Waals surface area contributed by atoms with Gasteiger partial charge in [0.25, 0.3) is 0 Å². The number of rotatable bonds is 3. The minimum Gasteiger partial charge on any atom is -0.331 e. The summed E-state index contributed by atoms with van der Waals surface area (Å²) in [4.78, 5) is 12.0. The average Bonchev–Trinajstić information content (AvgIpc) is 2.64. The van der Waals surface area contributed by atoms with Gasteiger partial charge >= 0.3 is 12.1 Å². The van der Waals surface area contributed by atoms with Crippen molar-refractivity contribution in [2.45, 2.75) is 37.9 Å². The van der Waals surface area contributed by atoms with E-state index in [1.165, 1.54) is 0 Å². The van der Waals surface area contributed by atoms with Gasteiger partial charge in [0.15, 0.2) is 0 Å². The number of alkyl halides is 3. The number of nitrogens with zero attached hydrogens (tertiary/aromatic N) is 1. The number of carbonyl (C=O) groups is 1. The van der Waals surface area contributed by atoms with E-state index in [2.05, 4.69) is 0 Å². The zero-order valence-electron chi connectivity index (χ0n) is 8.39. The van der Waals surface area contributed by atoms with Crippen molar-refractivity contribution >= 4 is 5.91 Å². The quantitative estimate of drug-likeness (QED) is 0.784. The summed E-state index contributed by atoms with van der Waals surface area (Å²) in [6, 6.07) is -0.275. The highest BCUT2D eigenvalue weighted by molar-refractivity contribution is 5.82. The van der Waals surface area contributed by atoms with Crippen molar-refractivity contribution in [2.24, 2.45) is 5.73 Å². The Balaban J connectivity index is 2.68. The highest BCUT2D eigenvalue weighted by Gasteiger charge is 2.44. The van der Waals surface area contributed by atoms with Crippen LogP contribution in [0.15, 0.2) is 0 Å². The van der Waals surface area contributed by atoms with Gasteiger partial charge < -0.3 is 10.6 Å². The van der Waals surface area contributed by atoms with Gasteiger partial charge in [-0.2, -0.15) is 13.2 Å². The van der Waals surface area contributed by atoms with Crippen LogP contribution in [-0.2, 0) is 4.79 Å². The Morgan fingerprint density at radius 1 is 1.33 bits per heavy atom. The van der Waals surface area contributed by atoms with Crippen molar-refractivity contribution < 1.29 is 18.0 Å². The Morgan fingerprint density at radius 2 is 1.87 bits per heavy atom. The number of hydrogen-bond donors (Lipinski definition) is 1. The zero-order chi connectivity index (χ0) is 11.5. The van der Waals surface area contributed by atoms with Crippen molar-refractivity contribution in [3.8, 4) is 0 Å². The van der Waals surface area contributed by atoms with Crippen LogP contribution < -0.4 is 5.73 Å². The summed E-state index contributed by atoms with van der Waals surface area (Å²) in [5.41, 5.74) is 5.22.